The van der Waals surface area contributed by atoms with Crippen LogP contribution >= 0.6 is 0 Å². The molecule has 0 spiro atoms. The van der Waals surface area contributed by atoms with Crippen LogP contribution in [0.5, 0.6) is 0 Å². The third kappa shape index (κ3) is 3.16. The zero-order valence-electron chi connectivity index (χ0n) is 9.93. The maximum Gasteiger partial charge on any atom is 0.242 e. The van der Waals surface area contributed by atoms with E-state index in [9.17, 15) is 13.2 Å². The summed E-state index contributed by atoms with van der Waals surface area (Å²) >= 11 is 0. The molecular weight excluding hydrogens is 230 g/mol. The molecule has 1 saturated heterocycles. The van der Waals surface area contributed by atoms with Crippen molar-refractivity contribution in [2.45, 2.75) is 19.4 Å². The number of carbonyl (C=O) groups is 1. The fourth-order valence-corrected chi connectivity index (χ4v) is 2.46. The quantitative estimate of drug-likeness (QED) is 0.668. The van der Waals surface area contributed by atoms with Crippen molar-refractivity contribution in [2.75, 3.05) is 32.4 Å². The van der Waals surface area contributed by atoms with Gasteiger partial charge in [-0.25, -0.2) is 8.42 Å². The van der Waals surface area contributed by atoms with E-state index in [1.54, 1.807) is 18.7 Å². The molecule has 0 radical (unpaired) electrons. The van der Waals surface area contributed by atoms with Crippen molar-refractivity contribution in [2.24, 2.45) is 5.73 Å². The van der Waals surface area contributed by atoms with E-state index >= 15 is 0 Å². The fraction of sp³-hybridized carbons (Fsp3) is 0.889. The number of amides is 1. The van der Waals surface area contributed by atoms with Crippen LogP contribution in [0.3, 0.4) is 0 Å². The SMILES string of the molecule is CC(C)(N)C(=O)N1CCN(S(C)(=O)=O)CC1. The summed E-state index contributed by atoms with van der Waals surface area (Å²) in [5.41, 5.74) is 4.81. The van der Waals surface area contributed by atoms with Gasteiger partial charge in [0.15, 0.2) is 0 Å². The molecule has 0 aliphatic carbocycles. The Balaban J connectivity index is 2.60. The van der Waals surface area contributed by atoms with E-state index in [2.05, 4.69) is 0 Å². The number of nitrogens with zero attached hydrogens (tertiary/aromatic N) is 2. The third-order valence-corrected chi connectivity index (χ3v) is 3.85. The highest BCUT2D eigenvalue weighted by atomic mass is 32.2. The Morgan fingerprint density at radius 1 is 1.19 bits per heavy atom. The first kappa shape index (κ1) is 13.4. The first-order valence-corrected chi connectivity index (χ1v) is 7.00. The minimum absolute atomic E-state index is 0.138. The lowest BCUT2D eigenvalue weighted by molar-refractivity contribution is -0.137. The van der Waals surface area contributed by atoms with E-state index in [4.69, 9.17) is 5.73 Å². The molecule has 16 heavy (non-hydrogen) atoms. The Kier molecular flexibility index (Phi) is 3.61. The number of sulfonamides is 1. The molecule has 0 aromatic rings. The zero-order valence-corrected chi connectivity index (χ0v) is 10.7. The summed E-state index contributed by atoms with van der Waals surface area (Å²) in [4.78, 5) is 13.4. The Labute approximate surface area is 96.4 Å². The molecular formula is C9H19N3O3S. The number of piperazine rings is 1. The average Bonchev–Trinajstić information content (AvgIpc) is 2.14. The van der Waals surface area contributed by atoms with Gasteiger partial charge in [0.1, 0.15) is 0 Å². The van der Waals surface area contributed by atoms with Crippen LogP contribution < -0.4 is 5.73 Å². The fourth-order valence-electron chi connectivity index (χ4n) is 1.63. The highest BCUT2D eigenvalue weighted by Gasteiger charge is 2.31. The maximum absolute atomic E-state index is 11.8. The monoisotopic (exact) mass is 249 g/mol. The van der Waals surface area contributed by atoms with Crippen LogP contribution in [0.25, 0.3) is 0 Å². The van der Waals surface area contributed by atoms with Gasteiger partial charge < -0.3 is 10.6 Å². The van der Waals surface area contributed by atoms with E-state index in [1.807, 2.05) is 0 Å². The Morgan fingerprint density at radius 2 is 1.62 bits per heavy atom. The number of nitrogens with two attached hydrogens (primary N) is 1. The normalized spacial score (nSPS) is 19.9. The Bertz CT molecular complexity index is 364. The molecule has 0 bridgehead atoms. The van der Waals surface area contributed by atoms with Crippen LogP contribution in [0.4, 0.5) is 0 Å². The van der Waals surface area contributed by atoms with Gasteiger partial charge in [0.2, 0.25) is 15.9 Å². The molecule has 7 heteroatoms. The van der Waals surface area contributed by atoms with Crippen LogP contribution in [-0.2, 0) is 14.8 Å². The summed E-state index contributed by atoms with van der Waals surface area (Å²) in [6.45, 7) is 4.82. The molecule has 0 atom stereocenters. The van der Waals surface area contributed by atoms with Crippen molar-refractivity contribution >= 4 is 15.9 Å². The molecule has 0 saturated carbocycles. The van der Waals surface area contributed by atoms with Gasteiger partial charge in [-0.05, 0) is 13.8 Å². The topological polar surface area (TPSA) is 83.7 Å². The molecule has 94 valence electrons. The number of hydrogen-bond acceptors (Lipinski definition) is 4. The Hall–Kier alpha value is -0.660. The minimum Gasteiger partial charge on any atom is -0.338 e. The summed E-state index contributed by atoms with van der Waals surface area (Å²) in [5, 5.41) is 0. The molecule has 1 rings (SSSR count). The van der Waals surface area contributed by atoms with Crippen LogP contribution in [0.1, 0.15) is 13.8 Å². The van der Waals surface area contributed by atoms with Gasteiger partial charge in [0.05, 0.1) is 11.8 Å². The predicted octanol–water partition coefficient (Wildman–Crippen LogP) is -1.17. The van der Waals surface area contributed by atoms with Crippen LogP contribution in [0.2, 0.25) is 0 Å². The van der Waals surface area contributed by atoms with Gasteiger partial charge in [-0.2, -0.15) is 4.31 Å². The van der Waals surface area contributed by atoms with Crippen molar-refractivity contribution in [1.82, 2.24) is 9.21 Å². The van der Waals surface area contributed by atoms with Gasteiger partial charge in [0, 0.05) is 26.2 Å². The summed E-state index contributed by atoms with van der Waals surface area (Å²) in [7, 11) is -3.15. The molecule has 2 N–H and O–H groups in total. The predicted molar refractivity (Wildman–Crippen MR) is 61.3 cm³/mol. The number of hydrogen-bond donors (Lipinski definition) is 1. The van der Waals surface area contributed by atoms with Crippen molar-refractivity contribution in [1.29, 1.82) is 0 Å². The van der Waals surface area contributed by atoms with Gasteiger partial charge in [-0.3, -0.25) is 4.79 Å². The van der Waals surface area contributed by atoms with Gasteiger partial charge in [-0.1, -0.05) is 0 Å². The van der Waals surface area contributed by atoms with Crippen molar-refractivity contribution < 1.29 is 13.2 Å². The first-order valence-electron chi connectivity index (χ1n) is 5.16. The summed E-state index contributed by atoms with van der Waals surface area (Å²) in [6.07, 6.45) is 1.18. The molecule has 1 heterocycles. The van der Waals surface area contributed by atoms with Gasteiger partial charge in [-0.15, -0.1) is 0 Å². The molecule has 0 aromatic carbocycles. The number of carbonyl (C=O) groups excluding carboxylic acids is 1. The summed E-state index contributed by atoms with van der Waals surface area (Å²) in [5.74, 6) is -0.138. The highest BCUT2D eigenvalue weighted by molar-refractivity contribution is 7.88. The summed E-state index contributed by atoms with van der Waals surface area (Å²) in [6, 6.07) is 0. The molecule has 6 nitrogen and oxygen atoms in total. The van der Waals surface area contributed by atoms with E-state index in [0.29, 0.717) is 26.2 Å². The van der Waals surface area contributed by atoms with Crippen LogP contribution in [0.15, 0.2) is 0 Å². The third-order valence-electron chi connectivity index (χ3n) is 2.55. The lowest BCUT2D eigenvalue weighted by atomic mass is 10.1. The van der Waals surface area contributed by atoms with E-state index in [0.717, 1.165) is 0 Å². The van der Waals surface area contributed by atoms with E-state index in [-0.39, 0.29) is 5.91 Å². The summed E-state index contributed by atoms with van der Waals surface area (Å²) < 4.78 is 23.9. The van der Waals surface area contributed by atoms with Crippen molar-refractivity contribution in [3.8, 4) is 0 Å². The molecule has 1 aliphatic heterocycles. The lowest BCUT2D eigenvalue weighted by Crippen LogP contribution is -2.57. The second-order valence-electron chi connectivity index (χ2n) is 4.68. The standard InChI is InChI=1S/C9H19N3O3S/c1-9(2,10)8(13)11-4-6-12(7-5-11)16(3,14)15/h4-7,10H2,1-3H3. The first-order chi connectivity index (χ1) is 7.12. The zero-order chi connectivity index (χ0) is 12.6. The van der Waals surface area contributed by atoms with Crippen LogP contribution in [-0.4, -0.2) is 61.5 Å². The minimum atomic E-state index is -3.15. The lowest BCUT2D eigenvalue weighted by Gasteiger charge is -2.36. The molecule has 0 aromatic heterocycles. The van der Waals surface area contributed by atoms with E-state index in [1.165, 1.54) is 10.6 Å². The second kappa shape index (κ2) is 4.31. The smallest absolute Gasteiger partial charge is 0.242 e. The number of rotatable bonds is 2. The van der Waals surface area contributed by atoms with E-state index < -0.39 is 15.6 Å². The largest absolute Gasteiger partial charge is 0.338 e. The molecule has 1 amide bonds. The second-order valence-corrected chi connectivity index (χ2v) is 6.66. The maximum atomic E-state index is 11.8. The Morgan fingerprint density at radius 3 is 1.94 bits per heavy atom. The van der Waals surface area contributed by atoms with Crippen molar-refractivity contribution in [3.05, 3.63) is 0 Å². The molecule has 1 fully saturated rings. The van der Waals surface area contributed by atoms with Crippen LogP contribution in [0, 0.1) is 0 Å². The highest BCUT2D eigenvalue weighted by Crippen LogP contribution is 2.10. The van der Waals surface area contributed by atoms with Gasteiger partial charge >= 0.3 is 0 Å². The molecule has 1 aliphatic rings. The van der Waals surface area contributed by atoms with Gasteiger partial charge in [0.25, 0.3) is 0 Å². The van der Waals surface area contributed by atoms with Crippen molar-refractivity contribution in [3.63, 3.8) is 0 Å². The average molecular weight is 249 g/mol. The molecule has 0 unspecified atom stereocenters.